The number of rotatable bonds is 6. The van der Waals surface area contributed by atoms with Crippen molar-refractivity contribution in [1.82, 2.24) is 4.90 Å². The summed E-state index contributed by atoms with van der Waals surface area (Å²) in [6, 6.07) is 19.7. The summed E-state index contributed by atoms with van der Waals surface area (Å²) in [5.74, 6) is 0.566. The van der Waals surface area contributed by atoms with Crippen LogP contribution in [-0.2, 0) is 24.8 Å². The largest absolute Gasteiger partial charge is 0.415 e. The summed E-state index contributed by atoms with van der Waals surface area (Å²) in [5.41, 5.74) is 5.27. The number of carbonyl (C=O) groups excluding carboxylic acids is 1. The number of fused-ring (bicyclic) bond motifs is 1. The van der Waals surface area contributed by atoms with E-state index in [1.807, 2.05) is 30.3 Å². The number of aryl methyl sites for hydroxylation is 1. The molecule has 6 heteroatoms. The number of nitrogens with one attached hydrogen (secondary N) is 1. The zero-order valence-corrected chi connectivity index (χ0v) is 22.0. The standard InChI is InChI=1S/C29H32Cl2N2O2/c1-29(2,3)22-14-12-20(13-15-22)19-33(18-16-23-24(30)9-5-10-25(23)31)28(34)35-26-11-4-7-21-8-6-17-32-27(21)26/h4-5,7,9-15,32H,6,8,16-19H2,1-3H3. The maximum absolute atomic E-state index is 13.4. The van der Waals surface area contributed by atoms with Crippen LogP contribution in [-0.4, -0.2) is 24.1 Å². The maximum Gasteiger partial charge on any atom is 0.415 e. The first kappa shape index (κ1) is 25.4. The molecule has 0 unspecified atom stereocenters. The van der Waals surface area contributed by atoms with Gasteiger partial charge in [-0.15, -0.1) is 0 Å². The number of anilines is 1. The number of hydrogen-bond acceptors (Lipinski definition) is 3. The van der Waals surface area contributed by atoms with Gasteiger partial charge in [0.2, 0.25) is 0 Å². The van der Waals surface area contributed by atoms with E-state index in [9.17, 15) is 4.79 Å². The lowest BCUT2D eigenvalue weighted by Gasteiger charge is -2.25. The van der Waals surface area contributed by atoms with E-state index in [1.54, 1.807) is 4.90 Å². The number of ether oxygens (including phenoxy) is 1. The van der Waals surface area contributed by atoms with Crippen LogP contribution in [0.4, 0.5) is 10.5 Å². The fraction of sp³-hybridized carbons (Fsp3) is 0.345. The van der Waals surface area contributed by atoms with Crippen LogP contribution in [0.1, 0.15) is 49.4 Å². The highest BCUT2D eigenvalue weighted by molar-refractivity contribution is 6.36. The minimum Gasteiger partial charge on any atom is -0.408 e. The first-order chi connectivity index (χ1) is 16.7. The highest BCUT2D eigenvalue weighted by atomic mass is 35.5. The molecule has 3 aromatic carbocycles. The van der Waals surface area contributed by atoms with Gasteiger partial charge in [-0.05, 0) is 65.1 Å². The van der Waals surface area contributed by atoms with Gasteiger partial charge in [0.25, 0.3) is 0 Å². The molecule has 1 heterocycles. The molecule has 0 bridgehead atoms. The molecule has 0 spiro atoms. The first-order valence-corrected chi connectivity index (χ1v) is 12.8. The van der Waals surface area contributed by atoms with E-state index < -0.39 is 6.09 Å². The number of nitrogens with zero attached hydrogens (tertiary/aromatic N) is 1. The Morgan fingerprint density at radius 1 is 1.00 bits per heavy atom. The third-order valence-electron chi connectivity index (χ3n) is 6.38. The van der Waals surface area contributed by atoms with E-state index in [2.05, 4.69) is 56.4 Å². The topological polar surface area (TPSA) is 41.6 Å². The van der Waals surface area contributed by atoms with Gasteiger partial charge in [0.05, 0.1) is 5.69 Å². The zero-order chi connectivity index (χ0) is 25.0. The Balaban J connectivity index is 1.56. The van der Waals surface area contributed by atoms with Crippen molar-refractivity contribution in [2.45, 2.75) is 52.0 Å². The van der Waals surface area contributed by atoms with E-state index in [0.717, 1.165) is 36.2 Å². The lowest BCUT2D eigenvalue weighted by Crippen LogP contribution is -2.35. The predicted octanol–water partition coefficient (Wildman–Crippen LogP) is 7.89. The summed E-state index contributed by atoms with van der Waals surface area (Å²) in [4.78, 5) is 15.1. The second-order valence-electron chi connectivity index (χ2n) is 10.0. The molecule has 0 fully saturated rings. The lowest BCUT2D eigenvalue weighted by molar-refractivity contribution is 0.150. The predicted molar refractivity (Wildman–Crippen MR) is 145 cm³/mol. The van der Waals surface area contributed by atoms with E-state index in [0.29, 0.717) is 35.3 Å². The van der Waals surface area contributed by atoms with Crippen LogP contribution in [0.3, 0.4) is 0 Å². The molecule has 0 saturated heterocycles. The molecule has 1 N–H and O–H groups in total. The van der Waals surface area contributed by atoms with Crippen molar-refractivity contribution in [2.75, 3.05) is 18.4 Å². The molecule has 4 rings (SSSR count). The molecular formula is C29H32Cl2N2O2. The van der Waals surface area contributed by atoms with Crippen LogP contribution in [0.15, 0.2) is 60.7 Å². The Morgan fingerprint density at radius 2 is 1.69 bits per heavy atom. The number of amides is 1. The van der Waals surface area contributed by atoms with Crippen molar-refractivity contribution in [3.8, 4) is 5.75 Å². The molecule has 4 nitrogen and oxygen atoms in total. The van der Waals surface area contributed by atoms with E-state index in [4.69, 9.17) is 27.9 Å². The number of hydrogen-bond donors (Lipinski definition) is 1. The van der Waals surface area contributed by atoms with Crippen molar-refractivity contribution in [3.05, 3.63) is 93.0 Å². The van der Waals surface area contributed by atoms with Crippen molar-refractivity contribution in [3.63, 3.8) is 0 Å². The number of para-hydroxylation sites is 1. The molecule has 184 valence electrons. The van der Waals surface area contributed by atoms with Crippen LogP contribution >= 0.6 is 23.2 Å². The molecular weight excluding hydrogens is 479 g/mol. The minimum atomic E-state index is -0.395. The normalized spacial score (nSPS) is 13.1. The van der Waals surface area contributed by atoms with Crippen LogP contribution in [0, 0.1) is 0 Å². The average molecular weight is 511 g/mol. The van der Waals surface area contributed by atoms with E-state index >= 15 is 0 Å². The molecule has 0 atom stereocenters. The summed E-state index contributed by atoms with van der Waals surface area (Å²) in [6.07, 6.45) is 2.18. The molecule has 1 amide bonds. The second kappa shape index (κ2) is 10.9. The zero-order valence-electron chi connectivity index (χ0n) is 20.5. The molecule has 35 heavy (non-hydrogen) atoms. The first-order valence-electron chi connectivity index (χ1n) is 12.1. The minimum absolute atomic E-state index is 0.0668. The third kappa shape index (κ3) is 6.31. The van der Waals surface area contributed by atoms with E-state index in [-0.39, 0.29) is 5.41 Å². The number of benzene rings is 3. The fourth-order valence-corrected chi connectivity index (χ4v) is 4.89. The smallest absolute Gasteiger partial charge is 0.408 e. The quantitative estimate of drug-likeness (QED) is 0.366. The Labute approximate surface area is 218 Å². The van der Waals surface area contributed by atoms with Gasteiger partial charge in [-0.1, -0.05) is 86.4 Å². The average Bonchev–Trinajstić information content (AvgIpc) is 2.83. The van der Waals surface area contributed by atoms with Crippen LogP contribution < -0.4 is 10.1 Å². The molecule has 3 aromatic rings. The number of halogens is 2. The van der Waals surface area contributed by atoms with Crippen LogP contribution in [0.2, 0.25) is 10.0 Å². The van der Waals surface area contributed by atoms with Crippen molar-refractivity contribution < 1.29 is 9.53 Å². The van der Waals surface area contributed by atoms with Gasteiger partial charge in [-0.2, -0.15) is 0 Å². The van der Waals surface area contributed by atoms with Gasteiger partial charge in [0.15, 0.2) is 5.75 Å². The molecule has 1 aliphatic rings. The summed E-state index contributed by atoms with van der Waals surface area (Å²) >= 11 is 12.8. The Hall–Kier alpha value is -2.69. The molecule has 0 aliphatic carbocycles. The van der Waals surface area contributed by atoms with Gasteiger partial charge in [-0.3, -0.25) is 0 Å². The van der Waals surface area contributed by atoms with Gasteiger partial charge in [-0.25, -0.2) is 4.79 Å². The van der Waals surface area contributed by atoms with Gasteiger partial charge >= 0.3 is 6.09 Å². The van der Waals surface area contributed by atoms with Crippen LogP contribution in [0.5, 0.6) is 5.75 Å². The SMILES string of the molecule is CC(C)(C)c1ccc(CN(CCc2c(Cl)cccc2Cl)C(=O)Oc2cccc3c2NCCC3)cc1. The summed E-state index contributed by atoms with van der Waals surface area (Å²) in [5, 5.41) is 4.59. The highest BCUT2D eigenvalue weighted by Crippen LogP contribution is 2.33. The van der Waals surface area contributed by atoms with Crippen molar-refractivity contribution in [1.29, 1.82) is 0 Å². The fourth-order valence-electron chi connectivity index (χ4n) is 4.30. The molecule has 0 saturated carbocycles. The monoisotopic (exact) mass is 510 g/mol. The van der Waals surface area contributed by atoms with Gasteiger partial charge in [0, 0.05) is 29.7 Å². The Morgan fingerprint density at radius 3 is 2.37 bits per heavy atom. The summed E-state index contributed by atoms with van der Waals surface area (Å²) in [6.45, 7) is 8.28. The van der Waals surface area contributed by atoms with Crippen molar-refractivity contribution in [2.24, 2.45) is 0 Å². The van der Waals surface area contributed by atoms with Gasteiger partial charge < -0.3 is 15.0 Å². The number of carbonyl (C=O) groups is 1. The third-order valence-corrected chi connectivity index (χ3v) is 7.09. The summed E-state index contributed by atoms with van der Waals surface area (Å²) < 4.78 is 5.93. The summed E-state index contributed by atoms with van der Waals surface area (Å²) in [7, 11) is 0. The van der Waals surface area contributed by atoms with Gasteiger partial charge in [0.1, 0.15) is 0 Å². The maximum atomic E-state index is 13.4. The highest BCUT2D eigenvalue weighted by Gasteiger charge is 2.22. The Kier molecular flexibility index (Phi) is 7.93. The second-order valence-corrected chi connectivity index (χ2v) is 10.8. The molecule has 0 aromatic heterocycles. The van der Waals surface area contributed by atoms with E-state index in [1.165, 1.54) is 11.1 Å². The van der Waals surface area contributed by atoms with Crippen molar-refractivity contribution >= 4 is 35.0 Å². The Bertz CT molecular complexity index is 1170. The lowest BCUT2D eigenvalue weighted by atomic mass is 9.87. The molecule has 0 radical (unpaired) electrons. The molecule has 1 aliphatic heterocycles. The van der Waals surface area contributed by atoms with Crippen LogP contribution in [0.25, 0.3) is 0 Å².